The molecule has 0 aliphatic rings. The Bertz CT molecular complexity index is 68.4. The Morgan fingerprint density at radius 3 is 2.62 bits per heavy atom. The average Bonchev–Trinajstić information content (AvgIpc) is 1.68. The van der Waals surface area contributed by atoms with E-state index in [-0.39, 0.29) is 0 Å². The molecule has 0 atom stereocenters. The lowest BCUT2D eigenvalue weighted by molar-refractivity contribution is 1.53. The van der Waals surface area contributed by atoms with E-state index in [1.54, 1.807) is 0 Å². The Hall–Kier alpha value is 0.660. The summed E-state index contributed by atoms with van der Waals surface area (Å²) in [4.78, 5) is 0. The Kier molecular flexibility index (Phi) is 6.27. The maximum atomic E-state index is 7.13. The molecule has 1 nitrogen and oxygen atoms in total. The summed E-state index contributed by atoms with van der Waals surface area (Å²) in [5, 5.41) is 7.62. The van der Waals surface area contributed by atoms with Crippen molar-refractivity contribution >= 4 is 39.5 Å². The van der Waals surface area contributed by atoms with Crippen LogP contribution in [0.4, 0.5) is 0 Å². The van der Waals surface area contributed by atoms with Gasteiger partial charge in [-0.05, 0) is 5.75 Å². The van der Waals surface area contributed by atoms with Crippen LogP contribution in [0.25, 0.3) is 0 Å². The topological polar surface area (TPSA) is 23.9 Å². The van der Waals surface area contributed by atoms with Gasteiger partial charge in [0.1, 0.15) is 4.38 Å². The van der Waals surface area contributed by atoms with Crippen LogP contribution in [0.15, 0.2) is 0 Å². The number of rotatable bonds is 2. The Morgan fingerprint density at radius 1 is 1.62 bits per heavy atom. The summed E-state index contributed by atoms with van der Waals surface area (Å²) in [6.45, 7) is 2.02. The number of alkyl halides is 1. The third-order valence-corrected chi connectivity index (χ3v) is 2.42. The lowest BCUT2D eigenvalue weighted by Crippen LogP contribution is -1.81. The second kappa shape index (κ2) is 5.79. The number of hydrogen-bond donors (Lipinski definition) is 1. The van der Waals surface area contributed by atoms with Gasteiger partial charge in [0, 0.05) is 0 Å². The van der Waals surface area contributed by atoms with E-state index in [4.69, 9.17) is 17.0 Å². The van der Waals surface area contributed by atoms with E-state index in [2.05, 4.69) is 0 Å². The van der Waals surface area contributed by atoms with Crippen LogP contribution in [-0.4, -0.2) is 15.3 Å². The van der Waals surface area contributed by atoms with Crippen molar-refractivity contribution in [2.75, 3.05) is 11.0 Å². The van der Waals surface area contributed by atoms with Gasteiger partial charge in [0.25, 0.3) is 0 Å². The number of hydrogen-bond acceptors (Lipinski definition) is 3. The molecule has 0 unspecified atom stereocenters. The van der Waals surface area contributed by atoms with Crippen LogP contribution in [0.2, 0.25) is 0 Å². The van der Waals surface area contributed by atoms with Gasteiger partial charge in [-0.15, -0.1) is 23.4 Å². The minimum Gasteiger partial charge on any atom is -0.288 e. The lowest BCUT2D eigenvalue weighted by atomic mass is 11.0. The maximum absolute atomic E-state index is 7.13. The molecular weight excluding hydrogens is 162 g/mol. The van der Waals surface area contributed by atoms with Crippen LogP contribution in [0.1, 0.15) is 6.92 Å². The molecule has 0 bridgehead atoms. The molecule has 0 radical (unpaired) electrons. The van der Waals surface area contributed by atoms with Crippen LogP contribution in [0.5, 0.6) is 0 Å². The smallest absolute Gasteiger partial charge is 0.122 e. The minimum atomic E-state index is 0.492. The number of nitrogens with one attached hydrogen (secondary N) is 1. The SMILES string of the molecule is CCSC(=N)SCCl. The van der Waals surface area contributed by atoms with Crippen molar-refractivity contribution < 1.29 is 0 Å². The Balaban J connectivity index is 3.06. The van der Waals surface area contributed by atoms with Crippen LogP contribution in [0.3, 0.4) is 0 Å². The Morgan fingerprint density at radius 2 is 2.25 bits per heavy atom. The van der Waals surface area contributed by atoms with E-state index in [1.807, 2.05) is 6.92 Å². The Labute approximate surface area is 63.1 Å². The number of halogens is 1. The molecular formula is C4H8ClNS2. The van der Waals surface area contributed by atoms with Gasteiger partial charge in [0.2, 0.25) is 0 Å². The van der Waals surface area contributed by atoms with Gasteiger partial charge in [0.15, 0.2) is 0 Å². The zero-order valence-electron chi connectivity index (χ0n) is 4.61. The largest absolute Gasteiger partial charge is 0.288 e. The normalized spacial score (nSPS) is 9.25. The quantitative estimate of drug-likeness (QED) is 0.390. The van der Waals surface area contributed by atoms with E-state index in [1.165, 1.54) is 23.5 Å². The average molecular weight is 170 g/mol. The summed E-state index contributed by atoms with van der Waals surface area (Å²) in [7, 11) is 0. The third-order valence-electron chi connectivity index (χ3n) is 0.461. The van der Waals surface area contributed by atoms with Gasteiger partial charge in [0.05, 0.1) is 5.21 Å². The highest BCUT2D eigenvalue weighted by molar-refractivity contribution is 8.39. The van der Waals surface area contributed by atoms with Crippen LogP contribution >= 0.6 is 35.1 Å². The van der Waals surface area contributed by atoms with Gasteiger partial charge in [-0.25, -0.2) is 0 Å². The zero-order chi connectivity index (χ0) is 6.41. The van der Waals surface area contributed by atoms with Crippen molar-refractivity contribution in [3.8, 4) is 0 Å². The minimum absolute atomic E-state index is 0.492. The van der Waals surface area contributed by atoms with Crippen LogP contribution in [0, 0.1) is 5.41 Å². The highest BCUT2D eigenvalue weighted by Gasteiger charge is 1.92. The molecule has 0 aromatic rings. The maximum Gasteiger partial charge on any atom is 0.122 e. The van der Waals surface area contributed by atoms with E-state index in [0.29, 0.717) is 9.59 Å². The molecule has 0 amide bonds. The first-order valence-electron chi connectivity index (χ1n) is 2.21. The van der Waals surface area contributed by atoms with E-state index in [0.717, 1.165) is 5.75 Å². The third kappa shape index (κ3) is 4.81. The molecule has 0 heterocycles. The first kappa shape index (κ1) is 8.66. The van der Waals surface area contributed by atoms with E-state index >= 15 is 0 Å². The molecule has 0 aromatic heterocycles. The van der Waals surface area contributed by atoms with E-state index < -0.39 is 0 Å². The summed E-state index contributed by atoms with van der Waals surface area (Å²) in [5.74, 6) is 0.961. The van der Waals surface area contributed by atoms with Gasteiger partial charge in [-0.1, -0.05) is 18.7 Å². The number of thioether (sulfide) groups is 2. The zero-order valence-corrected chi connectivity index (χ0v) is 7.00. The predicted octanol–water partition coefficient (Wildman–Crippen LogP) is 2.60. The molecule has 0 saturated carbocycles. The highest BCUT2D eigenvalue weighted by Crippen LogP contribution is 2.14. The molecule has 48 valence electrons. The van der Waals surface area contributed by atoms with Crippen LogP contribution in [-0.2, 0) is 0 Å². The van der Waals surface area contributed by atoms with Crippen molar-refractivity contribution in [1.82, 2.24) is 0 Å². The molecule has 0 aliphatic heterocycles. The van der Waals surface area contributed by atoms with E-state index in [9.17, 15) is 0 Å². The molecule has 8 heavy (non-hydrogen) atoms. The first-order valence-corrected chi connectivity index (χ1v) is 4.72. The lowest BCUT2D eigenvalue weighted by Gasteiger charge is -1.93. The molecule has 0 aliphatic carbocycles. The molecule has 0 aromatic carbocycles. The standard InChI is InChI=1S/C4H8ClNS2/c1-2-7-4(6)8-3-5/h6H,2-3H2,1H3. The first-order chi connectivity index (χ1) is 3.81. The van der Waals surface area contributed by atoms with Gasteiger partial charge in [-0.2, -0.15) is 0 Å². The molecule has 1 N–H and O–H groups in total. The summed E-state index contributed by atoms with van der Waals surface area (Å²) in [6, 6.07) is 0. The monoisotopic (exact) mass is 169 g/mol. The van der Waals surface area contributed by atoms with Crippen molar-refractivity contribution in [1.29, 1.82) is 5.41 Å². The van der Waals surface area contributed by atoms with Gasteiger partial charge in [-0.3, -0.25) is 5.41 Å². The fourth-order valence-corrected chi connectivity index (χ4v) is 1.97. The predicted molar refractivity (Wildman–Crippen MR) is 44.2 cm³/mol. The van der Waals surface area contributed by atoms with Gasteiger partial charge < -0.3 is 0 Å². The summed E-state index contributed by atoms with van der Waals surface area (Å²) in [6.07, 6.45) is 0. The summed E-state index contributed by atoms with van der Waals surface area (Å²) >= 11 is 8.23. The van der Waals surface area contributed by atoms with Crippen molar-refractivity contribution in [3.05, 3.63) is 0 Å². The van der Waals surface area contributed by atoms with Crippen molar-refractivity contribution in [2.24, 2.45) is 0 Å². The summed E-state index contributed by atoms with van der Waals surface area (Å²) < 4.78 is 0.613. The second-order valence-electron chi connectivity index (χ2n) is 0.974. The fraction of sp³-hybridized carbons (Fsp3) is 0.750. The van der Waals surface area contributed by atoms with Crippen LogP contribution < -0.4 is 0 Å². The fourth-order valence-electron chi connectivity index (χ4n) is 0.222. The second-order valence-corrected chi connectivity index (χ2v) is 4.08. The molecule has 4 heteroatoms. The molecule has 0 saturated heterocycles. The molecule has 0 rings (SSSR count). The molecule has 0 spiro atoms. The summed E-state index contributed by atoms with van der Waals surface area (Å²) in [5.41, 5.74) is 0. The highest BCUT2D eigenvalue weighted by atomic mass is 35.5. The van der Waals surface area contributed by atoms with Crippen molar-refractivity contribution in [2.45, 2.75) is 6.92 Å². The molecule has 0 fully saturated rings. The van der Waals surface area contributed by atoms with Gasteiger partial charge >= 0.3 is 0 Å². The van der Waals surface area contributed by atoms with Crippen molar-refractivity contribution in [3.63, 3.8) is 0 Å².